The minimum Gasteiger partial charge on any atom is -0.380 e. The SMILES string of the molecule is CC(C)C1CN(C2CCCOC2)C(C(C)C)CN1. The van der Waals surface area contributed by atoms with E-state index < -0.39 is 0 Å². The van der Waals surface area contributed by atoms with Crippen LogP contribution in [0.5, 0.6) is 0 Å². The zero-order valence-electron chi connectivity index (χ0n) is 12.5. The second-order valence-corrected chi connectivity index (χ2v) is 6.64. The van der Waals surface area contributed by atoms with Crippen LogP contribution in [0, 0.1) is 11.8 Å². The molecule has 0 aliphatic carbocycles. The summed E-state index contributed by atoms with van der Waals surface area (Å²) in [6.07, 6.45) is 2.54. The Morgan fingerprint density at radius 1 is 1.17 bits per heavy atom. The maximum Gasteiger partial charge on any atom is 0.0621 e. The maximum absolute atomic E-state index is 5.70. The molecule has 1 N–H and O–H groups in total. The molecule has 0 radical (unpaired) electrons. The monoisotopic (exact) mass is 254 g/mol. The molecule has 0 aromatic heterocycles. The maximum atomic E-state index is 5.70. The standard InChI is InChI=1S/C15H30N2O/c1-11(2)14-9-17(13-6-5-7-18-10-13)15(8-16-14)12(3)4/h11-16H,5-10H2,1-4H3. The number of hydrogen-bond acceptors (Lipinski definition) is 3. The highest BCUT2D eigenvalue weighted by Gasteiger charge is 2.35. The molecular weight excluding hydrogens is 224 g/mol. The lowest BCUT2D eigenvalue weighted by atomic mass is 9.91. The van der Waals surface area contributed by atoms with Gasteiger partial charge in [-0.2, -0.15) is 0 Å². The predicted octanol–water partition coefficient (Wildman–Crippen LogP) is 2.12. The van der Waals surface area contributed by atoms with Crippen LogP contribution in [0.1, 0.15) is 40.5 Å². The average Bonchev–Trinajstić information content (AvgIpc) is 2.39. The Kier molecular flexibility index (Phi) is 5.05. The van der Waals surface area contributed by atoms with E-state index in [-0.39, 0.29) is 0 Å². The Balaban J connectivity index is 2.03. The molecule has 0 amide bonds. The lowest BCUT2D eigenvalue weighted by molar-refractivity contribution is -0.0292. The number of nitrogens with one attached hydrogen (secondary N) is 1. The van der Waals surface area contributed by atoms with Gasteiger partial charge >= 0.3 is 0 Å². The summed E-state index contributed by atoms with van der Waals surface area (Å²) < 4.78 is 5.70. The molecule has 106 valence electrons. The van der Waals surface area contributed by atoms with Gasteiger partial charge in [0, 0.05) is 37.8 Å². The molecule has 0 spiro atoms. The Hall–Kier alpha value is -0.120. The highest BCUT2D eigenvalue weighted by Crippen LogP contribution is 2.24. The van der Waals surface area contributed by atoms with Gasteiger partial charge in [-0.15, -0.1) is 0 Å². The highest BCUT2D eigenvalue weighted by atomic mass is 16.5. The molecule has 3 nitrogen and oxygen atoms in total. The summed E-state index contributed by atoms with van der Waals surface area (Å²) in [6.45, 7) is 13.6. The summed E-state index contributed by atoms with van der Waals surface area (Å²) >= 11 is 0. The van der Waals surface area contributed by atoms with Gasteiger partial charge < -0.3 is 10.1 Å². The van der Waals surface area contributed by atoms with E-state index >= 15 is 0 Å². The van der Waals surface area contributed by atoms with E-state index in [2.05, 4.69) is 37.9 Å². The molecule has 2 heterocycles. The number of nitrogens with zero attached hydrogens (tertiary/aromatic N) is 1. The van der Waals surface area contributed by atoms with Crippen molar-refractivity contribution in [3.63, 3.8) is 0 Å². The van der Waals surface area contributed by atoms with Crippen LogP contribution in [0.4, 0.5) is 0 Å². The molecule has 2 saturated heterocycles. The van der Waals surface area contributed by atoms with Gasteiger partial charge in [0.2, 0.25) is 0 Å². The van der Waals surface area contributed by atoms with Gasteiger partial charge in [-0.25, -0.2) is 0 Å². The summed E-state index contributed by atoms with van der Waals surface area (Å²) in [4.78, 5) is 2.74. The minimum atomic E-state index is 0.641. The number of rotatable bonds is 3. The average molecular weight is 254 g/mol. The Morgan fingerprint density at radius 3 is 2.50 bits per heavy atom. The number of hydrogen-bond donors (Lipinski definition) is 1. The van der Waals surface area contributed by atoms with Crippen LogP contribution in [-0.4, -0.2) is 49.3 Å². The molecule has 3 heteroatoms. The topological polar surface area (TPSA) is 24.5 Å². The fraction of sp³-hybridized carbons (Fsp3) is 1.00. The van der Waals surface area contributed by atoms with Gasteiger partial charge in [0.15, 0.2) is 0 Å². The second-order valence-electron chi connectivity index (χ2n) is 6.64. The van der Waals surface area contributed by atoms with E-state index in [0.717, 1.165) is 19.8 Å². The summed E-state index contributed by atoms with van der Waals surface area (Å²) in [5.41, 5.74) is 0. The molecule has 2 aliphatic heterocycles. The molecule has 0 saturated carbocycles. The van der Waals surface area contributed by atoms with Gasteiger partial charge in [-0.05, 0) is 24.7 Å². The van der Waals surface area contributed by atoms with E-state index in [1.807, 2.05) is 0 Å². The number of piperazine rings is 1. The van der Waals surface area contributed by atoms with E-state index in [1.165, 1.54) is 19.4 Å². The number of ether oxygens (including phenoxy) is 1. The van der Waals surface area contributed by atoms with Crippen LogP contribution in [0.3, 0.4) is 0 Å². The van der Waals surface area contributed by atoms with Crippen molar-refractivity contribution in [3.05, 3.63) is 0 Å². The van der Waals surface area contributed by atoms with E-state index in [4.69, 9.17) is 4.74 Å². The summed E-state index contributed by atoms with van der Waals surface area (Å²) in [6, 6.07) is 1.96. The molecule has 0 aromatic rings. The summed E-state index contributed by atoms with van der Waals surface area (Å²) in [7, 11) is 0. The van der Waals surface area contributed by atoms with Crippen LogP contribution < -0.4 is 5.32 Å². The molecule has 0 bridgehead atoms. The molecule has 3 atom stereocenters. The largest absolute Gasteiger partial charge is 0.380 e. The van der Waals surface area contributed by atoms with Gasteiger partial charge in [0.25, 0.3) is 0 Å². The minimum absolute atomic E-state index is 0.641. The van der Waals surface area contributed by atoms with E-state index in [9.17, 15) is 0 Å². The Labute approximate surface area is 112 Å². The Morgan fingerprint density at radius 2 is 1.94 bits per heavy atom. The van der Waals surface area contributed by atoms with Gasteiger partial charge in [0.05, 0.1) is 6.61 Å². The van der Waals surface area contributed by atoms with Crippen LogP contribution in [0.2, 0.25) is 0 Å². The zero-order chi connectivity index (χ0) is 13.1. The lowest BCUT2D eigenvalue weighted by Gasteiger charge is -2.48. The molecule has 3 unspecified atom stereocenters. The predicted molar refractivity (Wildman–Crippen MR) is 75.8 cm³/mol. The third kappa shape index (κ3) is 3.25. The van der Waals surface area contributed by atoms with E-state index in [0.29, 0.717) is 30.0 Å². The lowest BCUT2D eigenvalue weighted by Crippen LogP contribution is -2.63. The molecule has 0 aromatic carbocycles. The fourth-order valence-corrected chi connectivity index (χ4v) is 3.29. The van der Waals surface area contributed by atoms with Crippen LogP contribution >= 0.6 is 0 Å². The third-order valence-corrected chi connectivity index (χ3v) is 4.60. The third-order valence-electron chi connectivity index (χ3n) is 4.60. The van der Waals surface area contributed by atoms with Crippen molar-refractivity contribution in [3.8, 4) is 0 Å². The van der Waals surface area contributed by atoms with Crippen molar-refractivity contribution in [1.29, 1.82) is 0 Å². The van der Waals surface area contributed by atoms with Crippen molar-refractivity contribution in [2.24, 2.45) is 11.8 Å². The van der Waals surface area contributed by atoms with Crippen molar-refractivity contribution in [1.82, 2.24) is 10.2 Å². The normalized spacial score (nSPS) is 35.3. The second kappa shape index (κ2) is 6.36. The van der Waals surface area contributed by atoms with Crippen molar-refractivity contribution >= 4 is 0 Å². The first-order chi connectivity index (χ1) is 8.59. The molecule has 18 heavy (non-hydrogen) atoms. The van der Waals surface area contributed by atoms with Gasteiger partial charge in [-0.1, -0.05) is 27.7 Å². The molecule has 2 fully saturated rings. The smallest absolute Gasteiger partial charge is 0.0621 e. The first kappa shape index (κ1) is 14.3. The van der Waals surface area contributed by atoms with Crippen LogP contribution in [0.25, 0.3) is 0 Å². The van der Waals surface area contributed by atoms with Gasteiger partial charge in [0.1, 0.15) is 0 Å². The first-order valence-electron chi connectivity index (χ1n) is 7.66. The van der Waals surface area contributed by atoms with Crippen LogP contribution in [0.15, 0.2) is 0 Å². The van der Waals surface area contributed by atoms with Gasteiger partial charge in [-0.3, -0.25) is 4.90 Å². The zero-order valence-corrected chi connectivity index (χ0v) is 12.5. The molecular formula is C15H30N2O. The van der Waals surface area contributed by atoms with Crippen molar-refractivity contribution in [2.45, 2.75) is 58.7 Å². The summed E-state index contributed by atoms with van der Waals surface area (Å²) in [5.74, 6) is 1.43. The fourth-order valence-electron chi connectivity index (χ4n) is 3.29. The Bertz CT molecular complexity index is 249. The van der Waals surface area contributed by atoms with Crippen molar-refractivity contribution in [2.75, 3.05) is 26.3 Å². The highest BCUT2D eigenvalue weighted by molar-refractivity contribution is 4.92. The summed E-state index contributed by atoms with van der Waals surface area (Å²) in [5, 5.41) is 3.74. The molecule has 2 aliphatic rings. The van der Waals surface area contributed by atoms with Crippen molar-refractivity contribution < 1.29 is 4.74 Å². The quantitative estimate of drug-likeness (QED) is 0.835. The molecule has 2 rings (SSSR count). The first-order valence-corrected chi connectivity index (χ1v) is 7.66. The van der Waals surface area contributed by atoms with Crippen LogP contribution in [-0.2, 0) is 4.74 Å². The van der Waals surface area contributed by atoms with E-state index in [1.54, 1.807) is 0 Å².